The maximum Gasteiger partial charge on any atom is 0.108 e. The van der Waals surface area contributed by atoms with Gasteiger partial charge in [0.15, 0.2) is 0 Å². The minimum atomic E-state index is 0.0388. The van der Waals surface area contributed by atoms with E-state index < -0.39 is 0 Å². The molecule has 1 nitrogen and oxygen atoms in total. The fourth-order valence-corrected chi connectivity index (χ4v) is 3.12. The Morgan fingerprint density at radius 3 is 2.40 bits per heavy atom. The largest absolute Gasteiger partial charge is 0.362 e. The third-order valence-corrected chi connectivity index (χ3v) is 2.89. The summed E-state index contributed by atoms with van der Waals surface area (Å²) < 4.78 is 5.71. The molecule has 1 saturated heterocycles. The quantitative estimate of drug-likeness (QED) is 0.539. The topological polar surface area (TPSA) is 9.23 Å². The lowest BCUT2D eigenvalue weighted by Gasteiger charge is -2.37. The molecule has 0 amide bonds. The van der Waals surface area contributed by atoms with Gasteiger partial charge >= 0.3 is 0 Å². The molecule has 1 fully saturated rings. The van der Waals surface area contributed by atoms with E-state index in [0.717, 1.165) is 5.25 Å². The van der Waals surface area contributed by atoms with Gasteiger partial charge in [-0.2, -0.15) is 0 Å². The zero-order valence-corrected chi connectivity index (χ0v) is 7.99. The van der Waals surface area contributed by atoms with Crippen LogP contribution in [0.2, 0.25) is 0 Å². The molecule has 1 heterocycles. The summed E-state index contributed by atoms with van der Waals surface area (Å²) in [6.07, 6.45) is 1.62. The van der Waals surface area contributed by atoms with Gasteiger partial charge < -0.3 is 4.74 Å². The minimum absolute atomic E-state index is 0.0388. The van der Waals surface area contributed by atoms with E-state index in [-0.39, 0.29) is 4.93 Å². The highest BCUT2D eigenvalue weighted by atomic mass is 32.2. The van der Waals surface area contributed by atoms with Gasteiger partial charge in [-0.25, -0.2) is 0 Å². The van der Waals surface area contributed by atoms with Crippen LogP contribution in [0.5, 0.6) is 0 Å². The van der Waals surface area contributed by atoms with Crippen molar-refractivity contribution in [3.8, 4) is 0 Å². The summed E-state index contributed by atoms with van der Waals surface area (Å²) in [6.45, 7) is 8.71. The lowest BCUT2D eigenvalue weighted by molar-refractivity contribution is -0.0168. The van der Waals surface area contributed by atoms with Crippen LogP contribution in [0.3, 0.4) is 0 Å². The van der Waals surface area contributed by atoms with Crippen molar-refractivity contribution in [2.45, 2.75) is 50.4 Å². The van der Waals surface area contributed by atoms with Gasteiger partial charge in [0.05, 0.1) is 6.10 Å². The summed E-state index contributed by atoms with van der Waals surface area (Å²) in [5.74, 6) is 0. The first-order valence-corrected chi connectivity index (χ1v) is 4.73. The molecular formula is C8H16OS. The van der Waals surface area contributed by atoms with Crippen LogP contribution in [0.1, 0.15) is 34.1 Å². The Morgan fingerprint density at radius 2 is 2.00 bits per heavy atom. The Morgan fingerprint density at radius 1 is 1.40 bits per heavy atom. The average Bonchev–Trinajstić information content (AvgIpc) is 1.54. The standard InChI is InChI=1S/C8H16OS/c1-6-5-7(2)10-8(3,4)9-6/h6-7H,5H2,1-4H3/t6-,7+/m1/s1. The molecular weight excluding hydrogens is 144 g/mol. The van der Waals surface area contributed by atoms with Gasteiger partial charge in [-0.15, -0.1) is 11.8 Å². The number of thioether (sulfide) groups is 1. The van der Waals surface area contributed by atoms with Gasteiger partial charge in [0.25, 0.3) is 0 Å². The Bertz CT molecular complexity index is 110. The molecule has 0 aromatic heterocycles. The molecule has 60 valence electrons. The summed E-state index contributed by atoms with van der Waals surface area (Å²) in [6, 6.07) is 0. The number of hydrogen-bond donors (Lipinski definition) is 0. The summed E-state index contributed by atoms with van der Waals surface area (Å²) in [5, 5.41) is 0.749. The van der Waals surface area contributed by atoms with Gasteiger partial charge in [0.1, 0.15) is 4.93 Å². The Kier molecular flexibility index (Phi) is 2.31. The molecule has 2 heteroatoms. The molecule has 0 aromatic carbocycles. The third-order valence-electron chi connectivity index (χ3n) is 1.63. The smallest absolute Gasteiger partial charge is 0.108 e. The Balaban J connectivity index is 2.51. The third kappa shape index (κ3) is 2.17. The molecule has 0 aromatic rings. The maximum atomic E-state index is 5.71. The van der Waals surface area contributed by atoms with E-state index in [1.54, 1.807) is 0 Å². The molecule has 0 spiro atoms. The second kappa shape index (κ2) is 2.74. The summed E-state index contributed by atoms with van der Waals surface area (Å²) in [5.41, 5.74) is 0. The lowest BCUT2D eigenvalue weighted by Crippen LogP contribution is -2.34. The molecule has 1 rings (SSSR count). The van der Waals surface area contributed by atoms with E-state index in [2.05, 4.69) is 27.7 Å². The molecule has 1 aliphatic heterocycles. The van der Waals surface area contributed by atoms with Gasteiger partial charge in [-0.05, 0) is 27.2 Å². The van der Waals surface area contributed by atoms with Crippen molar-refractivity contribution >= 4 is 11.8 Å². The molecule has 0 aliphatic carbocycles. The highest BCUT2D eigenvalue weighted by Gasteiger charge is 2.30. The van der Waals surface area contributed by atoms with Crippen LogP contribution in [0.15, 0.2) is 0 Å². The van der Waals surface area contributed by atoms with Crippen molar-refractivity contribution in [1.82, 2.24) is 0 Å². The van der Waals surface area contributed by atoms with Gasteiger partial charge in [-0.1, -0.05) is 6.92 Å². The van der Waals surface area contributed by atoms with E-state index in [0.29, 0.717) is 6.10 Å². The maximum absolute atomic E-state index is 5.71. The molecule has 0 N–H and O–H groups in total. The average molecular weight is 160 g/mol. The van der Waals surface area contributed by atoms with Crippen molar-refractivity contribution in [3.05, 3.63) is 0 Å². The molecule has 0 radical (unpaired) electrons. The normalized spacial score (nSPS) is 39.6. The van der Waals surface area contributed by atoms with E-state index in [1.807, 2.05) is 11.8 Å². The highest BCUT2D eigenvalue weighted by Crippen LogP contribution is 2.38. The number of ether oxygens (including phenoxy) is 1. The summed E-state index contributed by atoms with van der Waals surface area (Å²) in [4.78, 5) is 0.0388. The van der Waals surface area contributed by atoms with Crippen molar-refractivity contribution in [2.75, 3.05) is 0 Å². The minimum Gasteiger partial charge on any atom is -0.362 e. The van der Waals surface area contributed by atoms with Crippen LogP contribution in [-0.4, -0.2) is 16.3 Å². The van der Waals surface area contributed by atoms with Crippen molar-refractivity contribution in [1.29, 1.82) is 0 Å². The van der Waals surface area contributed by atoms with Crippen LogP contribution in [-0.2, 0) is 4.74 Å². The lowest BCUT2D eigenvalue weighted by atomic mass is 10.2. The van der Waals surface area contributed by atoms with Crippen molar-refractivity contribution in [2.24, 2.45) is 0 Å². The predicted molar refractivity (Wildman–Crippen MR) is 46.3 cm³/mol. The van der Waals surface area contributed by atoms with Crippen LogP contribution >= 0.6 is 11.8 Å². The second-order valence-electron chi connectivity index (χ2n) is 3.49. The first-order chi connectivity index (χ1) is 4.49. The van der Waals surface area contributed by atoms with E-state index in [1.165, 1.54) is 6.42 Å². The Hall–Kier alpha value is 0.310. The van der Waals surface area contributed by atoms with Crippen LogP contribution < -0.4 is 0 Å². The van der Waals surface area contributed by atoms with Crippen LogP contribution in [0.4, 0.5) is 0 Å². The zero-order chi connectivity index (χ0) is 7.78. The fraction of sp³-hybridized carbons (Fsp3) is 1.00. The van der Waals surface area contributed by atoms with E-state index in [4.69, 9.17) is 4.74 Å². The molecule has 2 atom stereocenters. The summed E-state index contributed by atoms with van der Waals surface area (Å²) in [7, 11) is 0. The summed E-state index contributed by atoms with van der Waals surface area (Å²) >= 11 is 1.93. The van der Waals surface area contributed by atoms with Crippen molar-refractivity contribution < 1.29 is 4.74 Å². The second-order valence-corrected chi connectivity index (χ2v) is 5.52. The molecule has 0 unspecified atom stereocenters. The van der Waals surface area contributed by atoms with Gasteiger partial charge in [0.2, 0.25) is 0 Å². The van der Waals surface area contributed by atoms with E-state index in [9.17, 15) is 0 Å². The fourth-order valence-electron chi connectivity index (χ4n) is 1.56. The number of hydrogen-bond acceptors (Lipinski definition) is 2. The Labute approximate surface area is 67.5 Å². The molecule has 0 bridgehead atoms. The van der Waals surface area contributed by atoms with Crippen LogP contribution in [0, 0.1) is 0 Å². The first kappa shape index (κ1) is 8.41. The highest BCUT2D eigenvalue weighted by molar-refractivity contribution is 8.01. The first-order valence-electron chi connectivity index (χ1n) is 3.85. The SMILES string of the molecule is C[C@@H]1C[C@H](C)SC(C)(C)O1. The molecule has 0 saturated carbocycles. The monoisotopic (exact) mass is 160 g/mol. The van der Waals surface area contributed by atoms with Gasteiger partial charge in [0, 0.05) is 5.25 Å². The number of rotatable bonds is 0. The van der Waals surface area contributed by atoms with Crippen molar-refractivity contribution in [3.63, 3.8) is 0 Å². The van der Waals surface area contributed by atoms with Gasteiger partial charge in [-0.3, -0.25) is 0 Å². The molecule has 1 aliphatic rings. The predicted octanol–water partition coefficient (Wildman–Crippen LogP) is 2.65. The molecule has 10 heavy (non-hydrogen) atoms. The zero-order valence-electron chi connectivity index (χ0n) is 7.18. The van der Waals surface area contributed by atoms with Crippen LogP contribution in [0.25, 0.3) is 0 Å². The van der Waals surface area contributed by atoms with E-state index >= 15 is 0 Å².